The number of nitrogens with zero attached hydrogens (tertiary/aromatic N) is 2. The van der Waals surface area contributed by atoms with E-state index in [-0.39, 0.29) is 28.9 Å². The molecule has 0 spiro atoms. The van der Waals surface area contributed by atoms with E-state index in [1.54, 1.807) is 6.92 Å². The van der Waals surface area contributed by atoms with Gasteiger partial charge >= 0.3 is 0 Å². The van der Waals surface area contributed by atoms with Crippen LogP contribution in [0.5, 0.6) is 0 Å². The lowest BCUT2D eigenvalue weighted by Gasteiger charge is -2.11. The van der Waals surface area contributed by atoms with E-state index in [9.17, 15) is 24.4 Å². The Morgan fingerprint density at radius 2 is 1.95 bits per heavy atom. The second-order valence-corrected chi connectivity index (χ2v) is 5.71. The van der Waals surface area contributed by atoms with Crippen LogP contribution >= 0.6 is 0 Å². The van der Waals surface area contributed by atoms with Crippen molar-refractivity contribution in [3.8, 4) is 0 Å². The van der Waals surface area contributed by atoms with Gasteiger partial charge in [0, 0.05) is 34.9 Å². The molecule has 104 valence electrons. The topological polar surface area (TPSA) is 115 Å². The van der Waals surface area contributed by atoms with E-state index in [0.29, 0.717) is 0 Å². The molecular weight excluding hydrogens is 274 g/mol. The molecule has 1 aromatic carbocycles. The number of nitro groups is 2. The van der Waals surface area contributed by atoms with Crippen molar-refractivity contribution in [1.82, 2.24) is 0 Å². The van der Waals surface area contributed by atoms with Gasteiger partial charge in [0.05, 0.1) is 15.9 Å². The van der Waals surface area contributed by atoms with Crippen molar-refractivity contribution in [2.75, 3.05) is 18.1 Å². The van der Waals surface area contributed by atoms with E-state index in [2.05, 4.69) is 5.32 Å². The summed E-state index contributed by atoms with van der Waals surface area (Å²) in [6.07, 6.45) is 1.54. The summed E-state index contributed by atoms with van der Waals surface area (Å²) in [6.45, 7) is 2.02. The van der Waals surface area contributed by atoms with Gasteiger partial charge in [-0.3, -0.25) is 24.4 Å². The largest absolute Gasteiger partial charge is 0.378 e. The molecule has 0 amide bonds. The van der Waals surface area contributed by atoms with E-state index in [1.165, 1.54) is 18.4 Å². The van der Waals surface area contributed by atoms with Crippen molar-refractivity contribution in [3.63, 3.8) is 0 Å². The lowest BCUT2D eigenvalue weighted by molar-refractivity contribution is -0.393. The van der Waals surface area contributed by atoms with Crippen LogP contribution in [0.4, 0.5) is 17.1 Å². The molecule has 0 fully saturated rings. The van der Waals surface area contributed by atoms with Crippen LogP contribution < -0.4 is 5.32 Å². The average Bonchev–Trinajstić information content (AvgIpc) is 2.35. The van der Waals surface area contributed by atoms with E-state index in [1.807, 2.05) is 0 Å². The number of hydrogen-bond donors (Lipinski definition) is 1. The highest BCUT2D eigenvalue weighted by Crippen LogP contribution is 2.28. The van der Waals surface area contributed by atoms with Crippen molar-refractivity contribution in [1.29, 1.82) is 0 Å². The monoisotopic (exact) mass is 287 g/mol. The first kappa shape index (κ1) is 15.0. The van der Waals surface area contributed by atoms with Crippen molar-refractivity contribution in [3.05, 3.63) is 38.4 Å². The van der Waals surface area contributed by atoms with Crippen molar-refractivity contribution < 1.29 is 14.1 Å². The third-order valence-corrected chi connectivity index (χ3v) is 3.84. The molecule has 1 rings (SSSR count). The van der Waals surface area contributed by atoms with E-state index >= 15 is 0 Å². The molecule has 0 aliphatic rings. The molecule has 0 saturated carbocycles. The zero-order valence-corrected chi connectivity index (χ0v) is 11.2. The molecule has 0 bridgehead atoms. The fourth-order valence-electron chi connectivity index (χ4n) is 1.31. The Balaban J connectivity index is 2.97. The van der Waals surface area contributed by atoms with Crippen molar-refractivity contribution in [2.45, 2.75) is 12.2 Å². The Morgan fingerprint density at radius 3 is 2.42 bits per heavy atom. The normalized spacial score (nSPS) is 13.6. The summed E-state index contributed by atoms with van der Waals surface area (Å²) in [6, 6.07) is 3.36. The molecule has 0 aliphatic heterocycles. The van der Waals surface area contributed by atoms with Crippen LogP contribution in [-0.2, 0) is 10.8 Å². The van der Waals surface area contributed by atoms with Gasteiger partial charge in [-0.2, -0.15) is 0 Å². The number of nitro benzene ring substituents is 2. The number of anilines is 1. The minimum atomic E-state index is -1.05. The Labute approximate surface area is 111 Å². The van der Waals surface area contributed by atoms with Gasteiger partial charge in [0.2, 0.25) is 0 Å². The zero-order chi connectivity index (χ0) is 14.6. The lowest BCUT2D eigenvalue weighted by Crippen LogP contribution is -2.21. The molecule has 0 heterocycles. The van der Waals surface area contributed by atoms with Crippen molar-refractivity contribution in [2.24, 2.45) is 0 Å². The fraction of sp³-hybridized carbons (Fsp3) is 0.400. The van der Waals surface area contributed by atoms with Gasteiger partial charge in [0.1, 0.15) is 5.69 Å². The third-order valence-electron chi connectivity index (χ3n) is 2.54. The standard InChI is InChI=1S/C10H13N3O5S/c1-7(19(2)18)6-11-9-4-3-8(12(14)15)5-10(9)13(16)17/h3-5,7,11H,6H2,1-2H3. The molecule has 1 aromatic rings. The first-order chi connectivity index (χ1) is 8.82. The SMILES string of the molecule is CC(CNc1ccc([N+](=O)[O-])cc1[N+](=O)[O-])S(C)=O. The van der Waals surface area contributed by atoms with Crippen LogP contribution in [-0.4, -0.2) is 32.1 Å². The Bertz CT molecular complexity index is 534. The minimum Gasteiger partial charge on any atom is -0.378 e. The third kappa shape index (κ3) is 3.98. The second kappa shape index (κ2) is 6.23. The van der Waals surface area contributed by atoms with E-state index in [4.69, 9.17) is 0 Å². The summed E-state index contributed by atoms with van der Waals surface area (Å²) < 4.78 is 11.2. The molecule has 19 heavy (non-hydrogen) atoms. The van der Waals surface area contributed by atoms with Gasteiger partial charge in [-0.1, -0.05) is 0 Å². The Kier molecular flexibility index (Phi) is 4.93. The van der Waals surface area contributed by atoms with Crippen LogP contribution in [0.3, 0.4) is 0 Å². The average molecular weight is 287 g/mol. The van der Waals surface area contributed by atoms with Gasteiger partial charge in [0.25, 0.3) is 11.4 Å². The summed E-state index contributed by atoms with van der Waals surface area (Å²) in [4.78, 5) is 20.0. The summed E-state index contributed by atoms with van der Waals surface area (Å²) in [5.41, 5.74) is -0.541. The van der Waals surface area contributed by atoms with Crippen LogP contribution in [0.15, 0.2) is 18.2 Å². The van der Waals surface area contributed by atoms with E-state index in [0.717, 1.165) is 6.07 Å². The van der Waals surface area contributed by atoms with Crippen LogP contribution in [0.1, 0.15) is 6.92 Å². The highest BCUT2D eigenvalue weighted by Gasteiger charge is 2.19. The summed E-state index contributed by atoms with van der Waals surface area (Å²) in [5, 5.41) is 24.0. The lowest BCUT2D eigenvalue weighted by atomic mass is 10.2. The quantitative estimate of drug-likeness (QED) is 0.628. The van der Waals surface area contributed by atoms with Gasteiger partial charge < -0.3 is 5.32 Å². The van der Waals surface area contributed by atoms with Gasteiger partial charge in [-0.15, -0.1) is 0 Å². The first-order valence-corrected chi connectivity index (χ1v) is 6.94. The zero-order valence-electron chi connectivity index (χ0n) is 10.4. The molecule has 2 atom stereocenters. The molecule has 8 nitrogen and oxygen atoms in total. The Morgan fingerprint density at radius 1 is 1.32 bits per heavy atom. The van der Waals surface area contributed by atoms with Crippen LogP contribution in [0.2, 0.25) is 0 Å². The molecule has 0 aromatic heterocycles. The highest BCUT2D eigenvalue weighted by atomic mass is 32.2. The van der Waals surface area contributed by atoms with E-state index < -0.39 is 20.6 Å². The van der Waals surface area contributed by atoms with Gasteiger partial charge in [-0.05, 0) is 13.0 Å². The van der Waals surface area contributed by atoms with Crippen LogP contribution in [0.25, 0.3) is 0 Å². The summed E-state index contributed by atoms with van der Waals surface area (Å²) in [7, 11) is -1.05. The highest BCUT2D eigenvalue weighted by molar-refractivity contribution is 7.84. The molecular formula is C10H13N3O5S. The minimum absolute atomic E-state index is 0.174. The molecule has 0 aliphatic carbocycles. The predicted octanol–water partition coefficient (Wildman–Crippen LogP) is 1.68. The summed E-state index contributed by atoms with van der Waals surface area (Å²) >= 11 is 0. The maximum Gasteiger partial charge on any atom is 0.299 e. The Hall–Kier alpha value is -2.03. The molecule has 0 saturated heterocycles. The predicted molar refractivity (Wildman–Crippen MR) is 71.8 cm³/mol. The number of nitrogens with one attached hydrogen (secondary N) is 1. The second-order valence-electron chi connectivity index (χ2n) is 3.91. The number of non-ortho nitro benzene ring substituents is 1. The van der Waals surface area contributed by atoms with Crippen LogP contribution in [0, 0.1) is 20.2 Å². The maximum atomic E-state index is 11.2. The number of benzene rings is 1. The molecule has 1 N–H and O–H groups in total. The fourth-order valence-corrected chi connectivity index (χ4v) is 1.62. The number of rotatable bonds is 6. The smallest absolute Gasteiger partial charge is 0.299 e. The van der Waals surface area contributed by atoms with Crippen molar-refractivity contribution >= 4 is 27.9 Å². The van der Waals surface area contributed by atoms with Gasteiger partial charge in [-0.25, -0.2) is 0 Å². The molecule has 2 unspecified atom stereocenters. The molecule has 0 radical (unpaired) electrons. The number of hydrogen-bond acceptors (Lipinski definition) is 6. The maximum absolute atomic E-state index is 11.2. The first-order valence-electron chi connectivity index (χ1n) is 5.32. The summed E-state index contributed by atoms with van der Waals surface area (Å²) in [5.74, 6) is 0. The van der Waals surface area contributed by atoms with Gasteiger partial charge in [0.15, 0.2) is 0 Å². The molecule has 9 heteroatoms.